The summed E-state index contributed by atoms with van der Waals surface area (Å²) in [4.78, 5) is 11.9. The molecule has 0 saturated heterocycles. The van der Waals surface area contributed by atoms with Gasteiger partial charge in [-0.05, 0) is 82.7 Å². The van der Waals surface area contributed by atoms with Gasteiger partial charge < -0.3 is 18.9 Å². The highest BCUT2D eigenvalue weighted by Gasteiger charge is 2.37. The molecule has 5 heteroatoms. The lowest BCUT2D eigenvalue weighted by atomic mass is 9.63. The molecule has 0 heterocycles. The molecule has 1 aliphatic rings. The zero-order chi connectivity index (χ0) is 26.8. The van der Waals surface area contributed by atoms with E-state index < -0.39 is 0 Å². The van der Waals surface area contributed by atoms with Crippen LogP contribution < -0.4 is 4.74 Å². The summed E-state index contributed by atoms with van der Waals surface area (Å²) < 4.78 is 21.7. The molecule has 4 rings (SSSR count). The molecule has 1 unspecified atom stereocenters. The lowest BCUT2D eigenvalue weighted by molar-refractivity contribution is -0.149. The summed E-state index contributed by atoms with van der Waals surface area (Å²) >= 11 is 0. The first kappa shape index (κ1) is 26.9. The molecule has 0 N–H and O–H groups in total. The number of carbonyl (C=O) groups is 1. The van der Waals surface area contributed by atoms with E-state index in [0.29, 0.717) is 5.56 Å². The van der Waals surface area contributed by atoms with Crippen molar-refractivity contribution in [2.75, 3.05) is 21.0 Å². The van der Waals surface area contributed by atoms with Gasteiger partial charge >= 0.3 is 5.97 Å². The van der Waals surface area contributed by atoms with E-state index in [2.05, 4.69) is 52.0 Å². The Morgan fingerprint density at radius 3 is 2.08 bits per heavy atom. The largest absolute Gasteiger partial charge is 0.467 e. The Morgan fingerprint density at radius 1 is 0.811 bits per heavy atom. The summed E-state index contributed by atoms with van der Waals surface area (Å²) in [7, 11) is 2.99. The molecule has 0 radical (unpaired) electrons. The van der Waals surface area contributed by atoms with Crippen LogP contribution in [0.1, 0.15) is 68.9 Å². The van der Waals surface area contributed by atoms with Gasteiger partial charge in [-0.25, -0.2) is 4.79 Å². The second-order valence-electron chi connectivity index (χ2n) is 11.0. The van der Waals surface area contributed by atoms with Crippen molar-refractivity contribution < 1.29 is 23.7 Å². The summed E-state index contributed by atoms with van der Waals surface area (Å²) in [5.74, 6) is 0.395. The van der Waals surface area contributed by atoms with Crippen LogP contribution in [-0.2, 0) is 25.0 Å². The van der Waals surface area contributed by atoms with Gasteiger partial charge in [0.05, 0.1) is 12.7 Å². The second-order valence-corrected chi connectivity index (χ2v) is 11.0. The van der Waals surface area contributed by atoms with Crippen LogP contribution >= 0.6 is 0 Å². The third-order valence-corrected chi connectivity index (χ3v) is 7.63. The van der Waals surface area contributed by atoms with E-state index in [0.717, 1.165) is 34.4 Å². The molecule has 0 spiro atoms. The zero-order valence-corrected chi connectivity index (χ0v) is 23.0. The zero-order valence-electron chi connectivity index (χ0n) is 23.0. The van der Waals surface area contributed by atoms with E-state index >= 15 is 0 Å². The average Bonchev–Trinajstić information content (AvgIpc) is 2.90. The van der Waals surface area contributed by atoms with E-state index in [9.17, 15) is 4.79 Å². The molecule has 3 aromatic carbocycles. The predicted octanol–water partition coefficient (Wildman–Crippen LogP) is 7.50. The fourth-order valence-electron chi connectivity index (χ4n) is 5.00. The molecule has 0 saturated carbocycles. The molecular weight excluding hydrogens is 464 g/mol. The molecule has 37 heavy (non-hydrogen) atoms. The van der Waals surface area contributed by atoms with Gasteiger partial charge in [0.15, 0.2) is 13.1 Å². The van der Waals surface area contributed by atoms with E-state index in [1.807, 2.05) is 31.2 Å². The first-order valence-electron chi connectivity index (χ1n) is 12.8. The van der Waals surface area contributed by atoms with Crippen LogP contribution in [0.15, 0.2) is 60.7 Å². The molecule has 196 valence electrons. The highest BCUT2D eigenvalue weighted by molar-refractivity contribution is 5.90. The highest BCUT2D eigenvalue weighted by Crippen LogP contribution is 2.47. The second kappa shape index (κ2) is 10.7. The van der Waals surface area contributed by atoms with Gasteiger partial charge in [-0.15, -0.1) is 0 Å². The monoisotopic (exact) mass is 502 g/mol. The van der Waals surface area contributed by atoms with Crippen LogP contribution in [0.25, 0.3) is 22.3 Å². The van der Waals surface area contributed by atoms with E-state index in [4.69, 9.17) is 18.9 Å². The summed E-state index contributed by atoms with van der Waals surface area (Å²) in [6.07, 6.45) is 1.96. The number of hydrogen-bond acceptors (Lipinski definition) is 5. The number of methoxy groups -OCH3 is 2. The fraction of sp³-hybridized carbons (Fsp3) is 0.406. The normalized spacial score (nSPS) is 16.5. The van der Waals surface area contributed by atoms with Crippen molar-refractivity contribution in [1.29, 1.82) is 0 Å². The molecule has 0 aliphatic heterocycles. The van der Waals surface area contributed by atoms with E-state index in [1.165, 1.54) is 24.7 Å². The summed E-state index contributed by atoms with van der Waals surface area (Å²) in [6, 6.07) is 20.4. The smallest absolute Gasteiger partial charge is 0.337 e. The standard InChI is InChI=1S/C32H38O5/c1-21(34-6)36-20-37-29-15-13-24(22-8-10-23(11-9-22)30(33)35-7)18-26(29)25-12-14-27-28(19-25)32(4,5)17-16-31(27,2)3/h8-15,18-19,21H,16-17,20H2,1-7H3. The van der Waals surface area contributed by atoms with Gasteiger partial charge in [-0.3, -0.25) is 0 Å². The predicted molar refractivity (Wildman–Crippen MR) is 147 cm³/mol. The lowest BCUT2D eigenvalue weighted by Crippen LogP contribution is -2.33. The molecule has 1 aliphatic carbocycles. The van der Waals surface area contributed by atoms with Crippen LogP contribution in [0.3, 0.4) is 0 Å². The number of hydrogen-bond donors (Lipinski definition) is 0. The van der Waals surface area contributed by atoms with E-state index in [-0.39, 0.29) is 29.9 Å². The Bertz CT molecular complexity index is 1260. The topological polar surface area (TPSA) is 54.0 Å². The summed E-state index contributed by atoms with van der Waals surface area (Å²) in [5, 5.41) is 0. The van der Waals surface area contributed by atoms with Crippen molar-refractivity contribution in [2.24, 2.45) is 0 Å². The Balaban J connectivity index is 1.77. The molecule has 0 amide bonds. The highest BCUT2D eigenvalue weighted by atomic mass is 16.7. The van der Waals surface area contributed by atoms with Gasteiger partial charge in [0.25, 0.3) is 0 Å². The van der Waals surface area contributed by atoms with Crippen molar-refractivity contribution in [3.8, 4) is 28.0 Å². The fourth-order valence-corrected chi connectivity index (χ4v) is 5.00. The van der Waals surface area contributed by atoms with Crippen molar-refractivity contribution in [1.82, 2.24) is 0 Å². The van der Waals surface area contributed by atoms with Gasteiger partial charge in [0.1, 0.15) is 5.75 Å². The first-order valence-corrected chi connectivity index (χ1v) is 12.8. The number of benzene rings is 3. The van der Waals surface area contributed by atoms with Crippen LogP contribution in [0.2, 0.25) is 0 Å². The Morgan fingerprint density at radius 2 is 1.43 bits per heavy atom. The van der Waals surface area contributed by atoms with Gasteiger partial charge in [-0.2, -0.15) is 0 Å². The van der Waals surface area contributed by atoms with Crippen molar-refractivity contribution >= 4 is 5.97 Å². The number of ether oxygens (including phenoxy) is 4. The molecule has 0 aromatic heterocycles. The van der Waals surface area contributed by atoms with Crippen molar-refractivity contribution in [2.45, 2.75) is 64.6 Å². The van der Waals surface area contributed by atoms with E-state index in [1.54, 1.807) is 19.2 Å². The minimum atomic E-state index is -0.358. The molecule has 1 atom stereocenters. The number of fused-ring (bicyclic) bond motifs is 1. The third kappa shape index (κ3) is 5.73. The van der Waals surface area contributed by atoms with Gasteiger partial charge in [0, 0.05) is 12.7 Å². The minimum absolute atomic E-state index is 0.0820. The molecular formula is C32H38O5. The average molecular weight is 503 g/mol. The Hall–Kier alpha value is -3.15. The van der Waals surface area contributed by atoms with Gasteiger partial charge in [0.2, 0.25) is 0 Å². The summed E-state index contributed by atoms with van der Waals surface area (Å²) in [5.41, 5.74) is 7.71. The quantitative estimate of drug-likeness (QED) is 0.236. The van der Waals surface area contributed by atoms with Crippen molar-refractivity contribution in [3.63, 3.8) is 0 Å². The molecule has 0 fully saturated rings. The SMILES string of the molecule is COC(=O)c1ccc(-c2ccc(OCOC(C)OC)c(-c3ccc4c(c3)C(C)(C)CCC4(C)C)c2)cc1. The van der Waals surface area contributed by atoms with Crippen LogP contribution in [0, 0.1) is 0 Å². The maximum Gasteiger partial charge on any atom is 0.337 e. The lowest BCUT2D eigenvalue weighted by Gasteiger charge is -2.42. The van der Waals surface area contributed by atoms with Crippen LogP contribution in [0.4, 0.5) is 0 Å². The maximum atomic E-state index is 11.9. The number of esters is 1. The van der Waals surface area contributed by atoms with Crippen LogP contribution in [-0.4, -0.2) is 33.3 Å². The molecule has 3 aromatic rings. The van der Waals surface area contributed by atoms with Gasteiger partial charge in [-0.1, -0.05) is 64.1 Å². The number of carbonyl (C=O) groups excluding carboxylic acids is 1. The minimum Gasteiger partial charge on any atom is -0.467 e. The Kier molecular flexibility index (Phi) is 7.77. The number of rotatable bonds is 8. The molecule has 5 nitrogen and oxygen atoms in total. The Labute approximate surface area is 220 Å². The third-order valence-electron chi connectivity index (χ3n) is 7.63. The molecule has 0 bridgehead atoms. The summed E-state index contributed by atoms with van der Waals surface area (Å²) in [6.45, 7) is 11.3. The van der Waals surface area contributed by atoms with Crippen LogP contribution in [0.5, 0.6) is 5.75 Å². The first-order chi connectivity index (χ1) is 17.6. The van der Waals surface area contributed by atoms with Crippen molar-refractivity contribution in [3.05, 3.63) is 77.4 Å². The maximum absolute atomic E-state index is 11.9.